The van der Waals surface area contributed by atoms with Crippen LogP contribution in [0.1, 0.15) is 78.5 Å². The lowest BCUT2D eigenvalue weighted by molar-refractivity contribution is -0.563. The fourth-order valence-electron chi connectivity index (χ4n) is 2.61. The largest absolute Gasteiger partial charge is 0.507 e. The summed E-state index contributed by atoms with van der Waals surface area (Å²) in [5.41, 5.74) is 0.841. The van der Waals surface area contributed by atoms with Gasteiger partial charge in [-0.15, -0.1) is 0 Å². The molecule has 0 atom stereocenters. The van der Waals surface area contributed by atoms with Crippen molar-refractivity contribution in [2.75, 3.05) is 6.61 Å². The number of benzene rings is 1. The quantitative estimate of drug-likeness (QED) is 0.446. The minimum Gasteiger partial charge on any atom is -0.507 e. The number of esters is 1. The van der Waals surface area contributed by atoms with Crippen LogP contribution in [-0.4, -0.2) is 28.1 Å². The van der Waals surface area contributed by atoms with Crippen molar-refractivity contribution in [1.29, 1.82) is 0 Å². The van der Waals surface area contributed by atoms with Crippen molar-refractivity contribution in [2.45, 2.75) is 84.6 Å². The second-order valence-electron chi connectivity index (χ2n) is 9.77. The fourth-order valence-corrected chi connectivity index (χ4v) is 2.61. The van der Waals surface area contributed by atoms with Gasteiger partial charge in [0.25, 0.3) is 0 Å². The Morgan fingerprint density at radius 3 is 1.85 bits per heavy atom. The molecular formula is C21H33NO5. The molecule has 0 bridgehead atoms. The highest BCUT2D eigenvalue weighted by molar-refractivity contribution is 5.70. The molecule has 1 aromatic carbocycles. The molecule has 27 heavy (non-hydrogen) atoms. The van der Waals surface area contributed by atoms with Crippen molar-refractivity contribution in [3.8, 4) is 5.75 Å². The summed E-state index contributed by atoms with van der Waals surface area (Å²) in [6.07, 6.45) is 0.579. The van der Waals surface area contributed by atoms with Crippen LogP contribution in [0.5, 0.6) is 5.75 Å². The van der Waals surface area contributed by atoms with E-state index >= 15 is 0 Å². The third-order valence-corrected chi connectivity index (χ3v) is 4.48. The van der Waals surface area contributed by atoms with Gasteiger partial charge < -0.3 is 9.84 Å². The molecule has 0 radical (unpaired) electrons. The second kappa shape index (κ2) is 7.87. The molecule has 0 aliphatic rings. The number of hydrogen-bond acceptors (Lipinski definition) is 5. The number of aromatic hydroxyl groups is 1. The van der Waals surface area contributed by atoms with Crippen molar-refractivity contribution in [3.63, 3.8) is 0 Å². The van der Waals surface area contributed by atoms with Crippen LogP contribution in [0.25, 0.3) is 0 Å². The Bertz CT molecular complexity index is 673. The number of carbonyl (C=O) groups excluding carboxylic acids is 1. The van der Waals surface area contributed by atoms with Crippen molar-refractivity contribution >= 4 is 5.97 Å². The SMILES string of the molecule is CC(C)(C)c1cc(CCC(=O)OCC(C)(C)[N+](=O)[O-])cc(C(C)(C)C)c1O. The number of ether oxygens (including phenoxy) is 1. The molecular weight excluding hydrogens is 346 g/mol. The summed E-state index contributed by atoms with van der Waals surface area (Å²) in [6.45, 7) is 14.8. The molecule has 6 heteroatoms. The third kappa shape index (κ3) is 6.22. The summed E-state index contributed by atoms with van der Waals surface area (Å²) in [7, 11) is 0. The van der Waals surface area contributed by atoms with Gasteiger partial charge in [0.1, 0.15) is 5.75 Å². The average molecular weight is 379 g/mol. The minimum atomic E-state index is -1.30. The average Bonchev–Trinajstić information content (AvgIpc) is 2.49. The molecule has 0 heterocycles. The van der Waals surface area contributed by atoms with Gasteiger partial charge in [0.2, 0.25) is 5.54 Å². The standard InChI is InChI=1S/C21H33NO5/c1-19(2,3)15-11-14(12-16(18(15)24)20(4,5)6)9-10-17(23)27-13-21(7,8)22(25)26/h11-12,24H,9-10,13H2,1-8H3. The summed E-state index contributed by atoms with van der Waals surface area (Å²) >= 11 is 0. The number of hydrogen-bond donors (Lipinski definition) is 1. The van der Waals surface area contributed by atoms with E-state index in [2.05, 4.69) is 0 Å². The third-order valence-electron chi connectivity index (χ3n) is 4.48. The first kappa shape index (κ1) is 22.9. The zero-order valence-electron chi connectivity index (χ0n) is 17.8. The normalized spacial score (nSPS) is 12.7. The van der Waals surface area contributed by atoms with Crippen LogP contribution < -0.4 is 0 Å². The molecule has 0 fully saturated rings. The molecule has 1 aromatic rings. The number of phenols is 1. The van der Waals surface area contributed by atoms with Gasteiger partial charge in [0.05, 0.1) is 0 Å². The van der Waals surface area contributed by atoms with Crippen LogP contribution in [0, 0.1) is 10.1 Å². The second-order valence-corrected chi connectivity index (χ2v) is 9.77. The molecule has 0 aliphatic heterocycles. The summed E-state index contributed by atoms with van der Waals surface area (Å²) in [5, 5.41) is 21.6. The summed E-state index contributed by atoms with van der Waals surface area (Å²) < 4.78 is 5.08. The van der Waals surface area contributed by atoms with Crippen LogP contribution in [-0.2, 0) is 26.8 Å². The van der Waals surface area contributed by atoms with E-state index in [1.165, 1.54) is 13.8 Å². The molecule has 0 spiro atoms. The smallest absolute Gasteiger partial charge is 0.306 e. The maximum atomic E-state index is 12.0. The van der Waals surface area contributed by atoms with E-state index in [0.29, 0.717) is 12.2 Å². The first-order chi connectivity index (χ1) is 12.1. The zero-order chi connectivity index (χ0) is 21.2. The molecule has 0 unspecified atom stereocenters. The number of rotatable bonds is 6. The topological polar surface area (TPSA) is 89.7 Å². The summed E-state index contributed by atoms with van der Waals surface area (Å²) in [4.78, 5) is 22.5. The van der Waals surface area contributed by atoms with Crippen molar-refractivity contribution < 1.29 is 19.6 Å². The highest BCUT2D eigenvalue weighted by Gasteiger charge is 2.32. The van der Waals surface area contributed by atoms with E-state index in [1.807, 2.05) is 53.7 Å². The Morgan fingerprint density at radius 2 is 1.48 bits per heavy atom. The highest BCUT2D eigenvalue weighted by atomic mass is 16.6. The molecule has 0 aliphatic carbocycles. The first-order valence-electron chi connectivity index (χ1n) is 9.22. The maximum Gasteiger partial charge on any atom is 0.306 e. The van der Waals surface area contributed by atoms with Gasteiger partial charge in [-0.1, -0.05) is 53.7 Å². The summed E-state index contributed by atoms with van der Waals surface area (Å²) in [6, 6.07) is 3.86. The van der Waals surface area contributed by atoms with Gasteiger partial charge in [0, 0.05) is 25.2 Å². The number of nitro groups is 1. The number of carbonyl (C=O) groups is 1. The van der Waals surface area contributed by atoms with Gasteiger partial charge in [-0.2, -0.15) is 0 Å². The van der Waals surface area contributed by atoms with Crippen LogP contribution in [0.2, 0.25) is 0 Å². The molecule has 0 aromatic heterocycles. The Hall–Kier alpha value is -2.11. The minimum absolute atomic E-state index is 0.131. The van der Waals surface area contributed by atoms with E-state index in [0.717, 1.165) is 16.7 Å². The predicted octanol–water partition coefficient (Wildman–Crippen LogP) is 4.52. The number of phenolic OH excluding ortho intramolecular Hbond substituents is 1. The lowest BCUT2D eigenvalue weighted by atomic mass is 9.78. The monoisotopic (exact) mass is 379 g/mol. The predicted molar refractivity (Wildman–Crippen MR) is 106 cm³/mol. The Kier molecular flexibility index (Phi) is 6.68. The Labute approximate surface area is 162 Å². The maximum absolute atomic E-state index is 12.0. The van der Waals surface area contributed by atoms with E-state index in [1.54, 1.807) is 0 Å². The van der Waals surface area contributed by atoms with Crippen LogP contribution >= 0.6 is 0 Å². The molecule has 0 saturated heterocycles. The summed E-state index contributed by atoms with van der Waals surface area (Å²) in [5.74, 6) is -0.165. The Balaban J connectivity index is 2.98. The zero-order valence-corrected chi connectivity index (χ0v) is 17.8. The van der Waals surface area contributed by atoms with Gasteiger partial charge in [-0.3, -0.25) is 14.9 Å². The molecule has 0 amide bonds. The molecule has 6 nitrogen and oxygen atoms in total. The van der Waals surface area contributed by atoms with Crippen molar-refractivity contribution in [3.05, 3.63) is 38.9 Å². The van der Waals surface area contributed by atoms with Gasteiger partial charge in [-0.05, 0) is 33.9 Å². The van der Waals surface area contributed by atoms with E-state index in [4.69, 9.17) is 4.74 Å². The molecule has 152 valence electrons. The van der Waals surface area contributed by atoms with Gasteiger partial charge >= 0.3 is 5.97 Å². The van der Waals surface area contributed by atoms with E-state index in [-0.39, 0.29) is 23.9 Å². The number of nitrogens with zero attached hydrogens (tertiary/aromatic N) is 1. The number of aryl methyl sites for hydroxylation is 1. The lowest BCUT2D eigenvalue weighted by Gasteiger charge is -2.28. The molecule has 1 N–H and O–H groups in total. The highest BCUT2D eigenvalue weighted by Crippen LogP contribution is 2.40. The first-order valence-corrected chi connectivity index (χ1v) is 9.22. The fraction of sp³-hybridized carbons (Fsp3) is 0.667. The lowest BCUT2D eigenvalue weighted by Crippen LogP contribution is -2.37. The Morgan fingerprint density at radius 1 is 1.04 bits per heavy atom. The van der Waals surface area contributed by atoms with E-state index < -0.39 is 16.4 Å². The molecule has 0 saturated carbocycles. The van der Waals surface area contributed by atoms with Crippen LogP contribution in [0.4, 0.5) is 0 Å². The van der Waals surface area contributed by atoms with Crippen LogP contribution in [0.3, 0.4) is 0 Å². The van der Waals surface area contributed by atoms with Crippen LogP contribution in [0.15, 0.2) is 12.1 Å². The van der Waals surface area contributed by atoms with Gasteiger partial charge in [-0.25, -0.2) is 0 Å². The van der Waals surface area contributed by atoms with Crippen molar-refractivity contribution in [1.82, 2.24) is 0 Å². The van der Waals surface area contributed by atoms with E-state index in [9.17, 15) is 20.0 Å². The van der Waals surface area contributed by atoms with Crippen molar-refractivity contribution in [2.24, 2.45) is 0 Å². The molecule has 1 rings (SSSR count). The van der Waals surface area contributed by atoms with Gasteiger partial charge in [0.15, 0.2) is 6.61 Å².